The highest BCUT2D eigenvalue weighted by atomic mass is 32.2. The van der Waals surface area contributed by atoms with Gasteiger partial charge in [-0.05, 0) is 32.1 Å². The van der Waals surface area contributed by atoms with Gasteiger partial charge in [0.1, 0.15) is 0 Å². The molecule has 1 unspecified atom stereocenters. The van der Waals surface area contributed by atoms with Gasteiger partial charge in [0.25, 0.3) is 0 Å². The summed E-state index contributed by atoms with van der Waals surface area (Å²) in [5.74, 6) is 0. The fraction of sp³-hybridized carbons (Fsp3) is 1.00. The van der Waals surface area contributed by atoms with Crippen molar-refractivity contribution >= 4 is 10.0 Å². The molecule has 6 nitrogen and oxygen atoms in total. The van der Waals surface area contributed by atoms with E-state index >= 15 is 0 Å². The predicted octanol–water partition coefficient (Wildman–Crippen LogP) is 0.434. The summed E-state index contributed by atoms with van der Waals surface area (Å²) >= 11 is 0. The first-order valence-corrected chi connectivity index (χ1v) is 10.0. The van der Waals surface area contributed by atoms with Crippen LogP contribution in [-0.2, 0) is 19.5 Å². The highest BCUT2D eigenvalue weighted by Crippen LogP contribution is 2.40. The van der Waals surface area contributed by atoms with Crippen LogP contribution in [0.2, 0.25) is 0 Å². The van der Waals surface area contributed by atoms with Crippen LogP contribution in [0.1, 0.15) is 32.1 Å². The van der Waals surface area contributed by atoms with E-state index in [1.54, 1.807) is 4.31 Å². The summed E-state index contributed by atoms with van der Waals surface area (Å²) in [5.41, 5.74) is -0.0848. The van der Waals surface area contributed by atoms with Gasteiger partial charge in [-0.1, -0.05) is 0 Å². The third-order valence-corrected chi connectivity index (χ3v) is 8.09. The molecule has 4 rings (SSSR count). The van der Waals surface area contributed by atoms with Crippen molar-refractivity contribution in [2.24, 2.45) is 0 Å². The van der Waals surface area contributed by atoms with E-state index in [1.165, 1.54) is 0 Å². The lowest BCUT2D eigenvalue weighted by molar-refractivity contribution is -0.0328. The molecule has 22 heavy (non-hydrogen) atoms. The molecule has 0 radical (unpaired) electrons. The molecule has 0 amide bonds. The molecule has 0 aromatic carbocycles. The Morgan fingerprint density at radius 2 is 1.68 bits per heavy atom. The van der Waals surface area contributed by atoms with Crippen molar-refractivity contribution in [2.75, 3.05) is 46.0 Å². The second-order valence-electron chi connectivity index (χ2n) is 7.14. The van der Waals surface area contributed by atoms with Gasteiger partial charge in [-0.25, -0.2) is 12.7 Å². The first-order chi connectivity index (χ1) is 10.6. The fourth-order valence-corrected chi connectivity index (χ4v) is 5.92. The Labute approximate surface area is 132 Å². The Morgan fingerprint density at radius 3 is 2.32 bits per heavy atom. The van der Waals surface area contributed by atoms with Gasteiger partial charge in [-0.3, -0.25) is 4.90 Å². The van der Waals surface area contributed by atoms with E-state index in [4.69, 9.17) is 9.47 Å². The highest BCUT2D eigenvalue weighted by molar-refractivity contribution is 7.90. The fourth-order valence-electron chi connectivity index (χ4n) is 4.07. The van der Waals surface area contributed by atoms with Crippen LogP contribution in [0.15, 0.2) is 0 Å². The molecule has 7 heteroatoms. The lowest BCUT2D eigenvalue weighted by atomic mass is 9.88. The van der Waals surface area contributed by atoms with Crippen molar-refractivity contribution in [1.82, 2.24) is 9.21 Å². The van der Waals surface area contributed by atoms with Crippen molar-refractivity contribution in [3.63, 3.8) is 0 Å². The Balaban J connectivity index is 1.35. The molecule has 3 saturated heterocycles. The molecule has 4 fully saturated rings. The van der Waals surface area contributed by atoms with Gasteiger partial charge in [0.2, 0.25) is 10.0 Å². The van der Waals surface area contributed by atoms with Crippen molar-refractivity contribution in [2.45, 2.75) is 49.0 Å². The van der Waals surface area contributed by atoms with Crippen LogP contribution in [0.25, 0.3) is 0 Å². The Kier molecular flexibility index (Phi) is 3.97. The van der Waals surface area contributed by atoms with Crippen molar-refractivity contribution in [3.8, 4) is 0 Å². The predicted molar refractivity (Wildman–Crippen MR) is 82.2 cm³/mol. The molecule has 126 valence electrons. The van der Waals surface area contributed by atoms with E-state index in [0.717, 1.165) is 65.0 Å². The zero-order valence-corrected chi connectivity index (χ0v) is 13.9. The zero-order chi connectivity index (χ0) is 15.2. The number of ether oxygens (including phenoxy) is 2. The van der Waals surface area contributed by atoms with Gasteiger partial charge in [0.05, 0.1) is 30.7 Å². The molecule has 1 saturated carbocycles. The van der Waals surface area contributed by atoms with E-state index in [1.807, 2.05) is 0 Å². The molecule has 4 aliphatic rings. The minimum absolute atomic E-state index is 0.0848. The number of sulfonamides is 1. The number of nitrogens with zero attached hydrogens (tertiary/aromatic N) is 2. The number of hydrogen-bond acceptors (Lipinski definition) is 5. The molecule has 1 spiro atoms. The third kappa shape index (κ3) is 2.82. The summed E-state index contributed by atoms with van der Waals surface area (Å²) in [4.78, 5) is 2.48. The van der Waals surface area contributed by atoms with Gasteiger partial charge < -0.3 is 9.47 Å². The van der Waals surface area contributed by atoms with Gasteiger partial charge in [0, 0.05) is 32.2 Å². The van der Waals surface area contributed by atoms with Crippen molar-refractivity contribution in [1.29, 1.82) is 0 Å². The summed E-state index contributed by atoms with van der Waals surface area (Å²) in [6.07, 6.45) is 4.43. The molecule has 0 bridgehead atoms. The van der Waals surface area contributed by atoms with E-state index in [9.17, 15) is 8.42 Å². The van der Waals surface area contributed by atoms with Gasteiger partial charge in [0.15, 0.2) is 0 Å². The van der Waals surface area contributed by atoms with Crippen LogP contribution in [0.4, 0.5) is 0 Å². The minimum atomic E-state index is -3.02. The van der Waals surface area contributed by atoms with Crippen LogP contribution >= 0.6 is 0 Å². The maximum Gasteiger partial charge on any atom is 0.216 e. The maximum atomic E-state index is 12.3. The summed E-state index contributed by atoms with van der Waals surface area (Å²) in [6.45, 7) is 5.67. The molecule has 0 aromatic heterocycles. The van der Waals surface area contributed by atoms with Crippen LogP contribution in [0.3, 0.4) is 0 Å². The van der Waals surface area contributed by atoms with Crippen molar-refractivity contribution < 1.29 is 17.9 Å². The molecule has 3 heterocycles. The average molecular weight is 330 g/mol. The SMILES string of the molecule is O=S(=O)(C1CC1)N1CCC2(CC1)CC(N1CCOCC1)CO2. The number of morpholine rings is 1. The van der Waals surface area contributed by atoms with Crippen LogP contribution in [-0.4, -0.2) is 80.5 Å². The van der Waals surface area contributed by atoms with Crippen LogP contribution < -0.4 is 0 Å². The van der Waals surface area contributed by atoms with Crippen molar-refractivity contribution in [3.05, 3.63) is 0 Å². The molecular weight excluding hydrogens is 304 g/mol. The largest absolute Gasteiger partial charge is 0.379 e. The lowest BCUT2D eigenvalue weighted by Gasteiger charge is -2.38. The Morgan fingerprint density at radius 1 is 1.00 bits per heavy atom. The first-order valence-electron chi connectivity index (χ1n) is 8.54. The number of rotatable bonds is 3. The summed E-state index contributed by atoms with van der Waals surface area (Å²) in [5, 5.41) is -0.0906. The summed E-state index contributed by atoms with van der Waals surface area (Å²) in [6, 6.07) is 0.482. The standard InChI is InChI=1S/C15H26N2O4S/c18-22(19,14-1-2-14)17-5-3-15(4-6-17)11-13(12-21-15)16-7-9-20-10-8-16/h13-14H,1-12H2. The first kappa shape index (κ1) is 15.3. The highest BCUT2D eigenvalue weighted by Gasteiger charge is 2.48. The van der Waals surface area contributed by atoms with E-state index < -0.39 is 10.0 Å². The molecule has 0 aromatic rings. The quantitative estimate of drug-likeness (QED) is 0.751. The Hall–Kier alpha value is -0.210. The van der Waals surface area contributed by atoms with E-state index in [2.05, 4.69) is 4.90 Å². The molecular formula is C15H26N2O4S. The third-order valence-electron chi connectivity index (χ3n) is 5.69. The monoisotopic (exact) mass is 330 g/mol. The second kappa shape index (κ2) is 5.70. The smallest absolute Gasteiger partial charge is 0.216 e. The van der Waals surface area contributed by atoms with Gasteiger partial charge in [-0.15, -0.1) is 0 Å². The molecule has 3 aliphatic heterocycles. The Bertz CT molecular complexity index is 506. The molecule has 1 aliphatic carbocycles. The maximum absolute atomic E-state index is 12.3. The van der Waals surface area contributed by atoms with E-state index in [0.29, 0.717) is 19.1 Å². The van der Waals surface area contributed by atoms with Gasteiger partial charge >= 0.3 is 0 Å². The van der Waals surface area contributed by atoms with Crippen LogP contribution in [0, 0.1) is 0 Å². The minimum Gasteiger partial charge on any atom is -0.379 e. The normalized spacial score (nSPS) is 34.3. The summed E-state index contributed by atoms with van der Waals surface area (Å²) in [7, 11) is -3.02. The molecule has 1 atom stereocenters. The molecule has 0 N–H and O–H groups in total. The lowest BCUT2D eigenvalue weighted by Crippen LogP contribution is -2.48. The topological polar surface area (TPSA) is 59.1 Å². The van der Waals surface area contributed by atoms with E-state index in [-0.39, 0.29) is 10.9 Å². The van der Waals surface area contributed by atoms with Gasteiger partial charge in [-0.2, -0.15) is 0 Å². The second-order valence-corrected chi connectivity index (χ2v) is 9.36. The number of hydrogen-bond donors (Lipinski definition) is 0. The van der Waals surface area contributed by atoms with Crippen LogP contribution in [0.5, 0.6) is 0 Å². The number of piperidine rings is 1. The summed E-state index contributed by atoms with van der Waals surface area (Å²) < 4.78 is 38.0. The average Bonchev–Trinajstić information content (AvgIpc) is 3.33. The zero-order valence-electron chi connectivity index (χ0n) is 13.1.